The molecule has 2 heterocycles. The van der Waals surface area contributed by atoms with E-state index in [0.717, 1.165) is 35.5 Å². The number of nitrogens with zero attached hydrogens (tertiary/aromatic N) is 2. The van der Waals surface area contributed by atoms with E-state index < -0.39 is 0 Å². The Morgan fingerprint density at radius 3 is 2.95 bits per heavy atom. The van der Waals surface area contributed by atoms with Crippen molar-refractivity contribution in [2.24, 2.45) is 0 Å². The van der Waals surface area contributed by atoms with E-state index in [1.54, 1.807) is 12.4 Å². The Bertz CT molecular complexity index is 659. The molecule has 1 fully saturated rings. The SMILES string of the molecule is CC(C(=O)N1CCCC1c1cccc(Cl)c1)c1cccnc1. The van der Waals surface area contributed by atoms with Crippen LogP contribution in [0.4, 0.5) is 0 Å². The Kier molecular flexibility index (Phi) is 4.44. The highest BCUT2D eigenvalue weighted by Crippen LogP contribution is 2.35. The number of likely N-dealkylation sites (tertiary alicyclic amines) is 1. The molecule has 2 aromatic rings. The van der Waals surface area contributed by atoms with Crippen LogP contribution < -0.4 is 0 Å². The van der Waals surface area contributed by atoms with Gasteiger partial charge in [0.15, 0.2) is 0 Å². The van der Waals surface area contributed by atoms with Crippen molar-refractivity contribution in [2.75, 3.05) is 6.54 Å². The number of rotatable bonds is 3. The summed E-state index contributed by atoms with van der Waals surface area (Å²) in [7, 11) is 0. The molecule has 0 saturated carbocycles. The third-order valence-corrected chi connectivity index (χ3v) is 4.56. The maximum absolute atomic E-state index is 12.9. The minimum absolute atomic E-state index is 0.130. The minimum Gasteiger partial charge on any atom is -0.335 e. The van der Waals surface area contributed by atoms with Crippen LogP contribution in [-0.4, -0.2) is 22.3 Å². The summed E-state index contributed by atoms with van der Waals surface area (Å²) >= 11 is 6.10. The van der Waals surface area contributed by atoms with Gasteiger partial charge >= 0.3 is 0 Å². The van der Waals surface area contributed by atoms with E-state index in [0.29, 0.717) is 0 Å². The van der Waals surface area contributed by atoms with Crippen LogP contribution in [0.3, 0.4) is 0 Å². The summed E-state index contributed by atoms with van der Waals surface area (Å²) in [5, 5.41) is 0.720. The first-order chi connectivity index (χ1) is 10.7. The monoisotopic (exact) mass is 314 g/mol. The van der Waals surface area contributed by atoms with Gasteiger partial charge in [-0.3, -0.25) is 9.78 Å². The fraction of sp³-hybridized carbons (Fsp3) is 0.333. The number of pyridine rings is 1. The molecule has 1 saturated heterocycles. The van der Waals surface area contributed by atoms with Crippen molar-refractivity contribution in [3.63, 3.8) is 0 Å². The number of carbonyl (C=O) groups excluding carboxylic acids is 1. The lowest BCUT2D eigenvalue weighted by molar-refractivity contribution is -0.133. The first-order valence-corrected chi connectivity index (χ1v) is 8.00. The number of amides is 1. The number of hydrogen-bond acceptors (Lipinski definition) is 2. The van der Waals surface area contributed by atoms with Gasteiger partial charge < -0.3 is 4.90 Å². The van der Waals surface area contributed by atoms with Crippen LogP contribution in [0.1, 0.15) is 42.9 Å². The number of aromatic nitrogens is 1. The Morgan fingerprint density at radius 1 is 1.36 bits per heavy atom. The highest BCUT2D eigenvalue weighted by atomic mass is 35.5. The van der Waals surface area contributed by atoms with Gasteiger partial charge in [0.1, 0.15) is 0 Å². The number of benzene rings is 1. The average molecular weight is 315 g/mol. The topological polar surface area (TPSA) is 33.2 Å². The van der Waals surface area contributed by atoms with Crippen molar-refractivity contribution in [3.05, 3.63) is 64.9 Å². The quantitative estimate of drug-likeness (QED) is 0.850. The van der Waals surface area contributed by atoms with E-state index in [1.807, 2.05) is 42.2 Å². The van der Waals surface area contributed by atoms with Gasteiger partial charge in [-0.15, -0.1) is 0 Å². The molecule has 1 amide bonds. The Hall–Kier alpha value is -1.87. The molecule has 2 atom stereocenters. The second kappa shape index (κ2) is 6.49. The molecule has 1 aromatic carbocycles. The third kappa shape index (κ3) is 3.00. The van der Waals surface area contributed by atoms with E-state index in [1.165, 1.54) is 0 Å². The molecule has 4 heteroatoms. The Balaban J connectivity index is 1.82. The highest BCUT2D eigenvalue weighted by molar-refractivity contribution is 6.30. The highest BCUT2D eigenvalue weighted by Gasteiger charge is 2.32. The number of halogens is 1. The predicted molar refractivity (Wildman–Crippen MR) is 87.8 cm³/mol. The van der Waals surface area contributed by atoms with Crippen molar-refractivity contribution in [1.29, 1.82) is 0 Å². The van der Waals surface area contributed by atoms with Crippen LogP contribution in [0.15, 0.2) is 48.8 Å². The van der Waals surface area contributed by atoms with Crippen LogP contribution in [0.25, 0.3) is 0 Å². The molecule has 2 unspecified atom stereocenters. The van der Waals surface area contributed by atoms with Crippen molar-refractivity contribution in [2.45, 2.75) is 31.7 Å². The van der Waals surface area contributed by atoms with Crippen LogP contribution in [0.5, 0.6) is 0 Å². The molecule has 22 heavy (non-hydrogen) atoms. The van der Waals surface area contributed by atoms with Gasteiger partial charge in [-0.05, 0) is 49.1 Å². The van der Waals surface area contributed by atoms with Crippen molar-refractivity contribution >= 4 is 17.5 Å². The maximum Gasteiger partial charge on any atom is 0.230 e. The van der Waals surface area contributed by atoms with Crippen molar-refractivity contribution in [1.82, 2.24) is 9.88 Å². The summed E-state index contributed by atoms with van der Waals surface area (Å²) in [6.07, 6.45) is 5.52. The van der Waals surface area contributed by atoms with Gasteiger partial charge in [0, 0.05) is 24.0 Å². The van der Waals surface area contributed by atoms with Gasteiger partial charge in [-0.1, -0.05) is 29.8 Å². The molecular weight excluding hydrogens is 296 g/mol. The Labute approximate surface area is 135 Å². The Morgan fingerprint density at radius 2 is 2.23 bits per heavy atom. The average Bonchev–Trinajstić information content (AvgIpc) is 3.04. The summed E-state index contributed by atoms with van der Waals surface area (Å²) in [5.41, 5.74) is 2.08. The van der Waals surface area contributed by atoms with Gasteiger partial charge in [-0.2, -0.15) is 0 Å². The fourth-order valence-corrected chi connectivity index (χ4v) is 3.31. The van der Waals surface area contributed by atoms with E-state index >= 15 is 0 Å². The van der Waals surface area contributed by atoms with E-state index in [9.17, 15) is 4.79 Å². The zero-order valence-electron chi connectivity index (χ0n) is 12.6. The smallest absolute Gasteiger partial charge is 0.230 e. The van der Waals surface area contributed by atoms with E-state index in [-0.39, 0.29) is 17.9 Å². The van der Waals surface area contributed by atoms with Crippen molar-refractivity contribution < 1.29 is 4.79 Å². The van der Waals surface area contributed by atoms with Crippen LogP contribution >= 0.6 is 11.6 Å². The third-order valence-electron chi connectivity index (χ3n) is 4.32. The van der Waals surface area contributed by atoms with Gasteiger partial charge in [0.25, 0.3) is 0 Å². The second-order valence-corrected chi connectivity index (χ2v) is 6.19. The number of carbonyl (C=O) groups is 1. The molecule has 0 bridgehead atoms. The zero-order chi connectivity index (χ0) is 15.5. The summed E-state index contributed by atoms with van der Waals surface area (Å²) in [6, 6.07) is 11.8. The van der Waals surface area contributed by atoms with Crippen LogP contribution in [0, 0.1) is 0 Å². The molecule has 1 aromatic heterocycles. The lowest BCUT2D eigenvalue weighted by Crippen LogP contribution is -2.33. The van der Waals surface area contributed by atoms with Gasteiger partial charge in [0.2, 0.25) is 5.91 Å². The van der Waals surface area contributed by atoms with Crippen LogP contribution in [0.2, 0.25) is 5.02 Å². The largest absolute Gasteiger partial charge is 0.335 e. The normalized spacial score (nSPS) is 19.2. The van der Waals surface area contributed by atoms with Gasteiger partial charge in [-0.25, -0.2) is 0 Å². The summed E-state index contributed by atoms with van der Waals surface area (Å²) in [6.45, 7) is 2.76. The fourth-order valence-electron chi connectivity index (χ4n) is 3.11. The zero-order valence-corrected chi connectivity index (χ0v) is 13.3. The van der Waals surface area contributed by atoms with E-state index in [4.69, 9.17) is 11.6 Å². The summed E-state index contributed by atoms with van der Waals surface area (Å²) < 4.78 is 0. The standard InChI is InChI=1S/C18H19ClN2O/c1-13(15-6-3-9-20-12-15)18(22)21-10-4-8-17(21)14-5-2-7-16(19)11-14/h2-3,5-7,9,11-13,17H,4,8,10H2,1H3. The second-order valence-electron chi connectivity index (χ2n) is 5.75. The van der Waals surface area contributed by atoms with Crippen LogP contribution in [-0.2, 0) is 4.79 Å². The molecule has 114 valence electrons. The molecule has 3 nitrogen and oxygen atoms in total. The maximum atomic E-state index is 12.9. The summed E-state index contributed by atoms with van der Waals surface area (Å²) in [5.74, 6) is -0.0102. The molecular formula is C18H19ClN2O. The van der Waals surface area contributed by atoms with E-state index in [2.05, 4.69) is 11.1 Å². The first kappa shape index (κ1) is 15.0. The lowest BCUT2D eigenvalue weighted by Gasteiger charge is -2.28. The molecule has 1 aliphatic rings. The molecule has 1 aliphatic heterocycles. The summed E-state index contributed by atoms with van der Waals surface area (Å²) in [4.78, 5) is 19.0. The molecule has 0 aliphatic carbocycles. The van der Waals surface area contributed by atoms with Gasteiger partial charge in [0.05, 0.1) is 12.0 Å². The predicted octanol–water partition coefficient (Wildman–Crippen LogP) is 4.20. The van der Waals surface area contributed by atoms with Crippen molar-refractivity contribution in [3.8, 4) is 0 Å². The number of hydrogen-bond donors (Lipinski definition) is 0. The minimum atomic E-state index is -0.173. The first-order valence-electron chi connectivity index (χ1n) is 7.62. The molecule has 0 radical (unpaired) electrons. The molecule has 0 spiro atoms. The lowest BCUT2D eigenvalue weighted by atomic mass is 9.99. The molecule has 3 rings (SSSR count). The molecule has 0 N–H and O–H groups in total.